The molecular weight excluding hydrogens is 320 g/mol. The standard InChI is InChI=1S/C10H3Cl2F3N4O/c11-7-1-5(18-19-6(3-16)4-17)2-8(9(7)12)20-10(13,14)15/h1-2,18H. The fourth-order valence-electron chi connectivity index (χ4n) is 1.02. The van der Waals surface area contributed by atoms with Gasteiger partial charge >= 0.3 is 6.36 Å². The molecule has 1 aromatic carbocycles. The van der Waals surface area contributed by atoms with E-state index in [1.807, 2.05) is 0 Å². The molecular formula is C10H3Cl2F3N4O. The van der Waals surface area contributed by atoms with Crippen molar-refractivity contribution < 1.29 is 17.9 Å². The minimum atomic E-state index is -4.95. The Labute approximate surface area is 120 Å². The van der Waals surface area contributed by atoms with Crippen LogP contribution >= 0.6 is 23.2 Å². The topological polar surface area (TPSA) is 81.2 Å². The van der Waals surface area contributed by atoms with Crippen LogP contribution in [0.3, 0.4) is 0 Å². The van der Waals surface area contributed by atoms with Crippen LogP contribution in [0.25, 0.3) is 0 Å². The van der Waals surface area contributed by atoms with E-state index in [-0.39, 0.29) is 10.7 Å². The molecule has 0 aliphatic rings. The molecule has 104 valence electrons. The fourth-order valence-corrected chi connectivity index (χ4v) is 1.38. The third-order valence-electron chi connectivity index (χ3n) is 1.73. The van der Waals surface area contributed by atoms with Crippen LogP contribution in [0.2, 0.25) is 10.0 Å². The van der Waals surface area contributed by atoms with Crippen molar-refractivity contribution in [1.82, 2.24) is 0 Å². The first-order valence-electron chi connectivity index (χ1n) is 4.65. The molecule has 0 unspecified atom stereocenters. The van der Waals surface area contributed by atoms with Crippen molar-refractivity contribution in [1.29, 1.82) is 10.5 Å². The Morgan fingerprint density at radius 1 is 1.25 bits per heavy atom. The molecule has 0 aromatic heterocycles. The van der Waals surface area contributed by atoms with E-state index in [0.29, 0.717) is 0 Å². The van der Waals surface area contributed by atoms with Crippen molar-refractivity contribution in [2.75, 3.05) is 5.43 Å². The van der Waals surface area contributed by atoms with E-state index < -0.39 is 22.8 Å². The zero-order valence-corrected chi connectivity index (χ0v) is 10.8. The molecule has 0 heterocycles. The molecule has 1 aromatic rings. The lowest BCUT2D eigenvalue weighted by molar-refractivity contribution is -0.274. The molecule has 10 heteroatoms. The van der Waals surface area contributed by atoms with Gasteiger partial charge in [-0.05, 0) is 6.07 Å². The molecule has 0 amide bonds. The summed E-state index contributed by atoms with van der Waals surface area (Å²) in [5, 5.41) is 19.6. The second kappa shape index (κ2) is 6.33. The molecule has 0 bridgehead atoms. The van der Waals surface area contributed by atoms with Crippen molar-refractivity contribution in [2.45, 2.75) is 6.36 Å². The minimum Gasteiger partial charge on any atom is -0.404 e. The van der Waals surface area contributed by atoms with Gasteiger partial charge in [0.25, 0.3) is 0 Å². The highest BCUT2D eigenvalue weighted by atomic mass is 35.5. The predicted octanol–water partition coefficient (Wildman–Crippen LogP) is 3.71. The maximum atomic E-state index is 12.1. The third kappa shape index (κ3) is 4.50. The molecule has 1 N–H and O–H groups in total. The van der Waals surface area contributed by atoms with Crippen LogP contribution in [0.15, 0.2) is 17.2 Å². The zero-order chi connectivity index (χ0) is 15.3. The van der Waals surface area contributed by atoms with Gasteiger partial charge in [-0.25, -0.2) is 0 Å². The Hall–Kier alpha value is -2.16. The van der Waals surface area contributed by atoms with E-state index in [0.717, 1.165) is 12.1 Å². The summed E-state index contributed by atoms with van der Waals surface area (Å²) in [6, 6.07) is 4.94. The van der Waals surface area contributed by atoms with Gasteiger partial charge in [-0.2, -0.15) is 15.6 Å². The number of hydrogen-bond acceptors (Lipinski definition) is 5. The Morgan fingerprint density at radius 2 is 1.85 bits per heavy atom. The van der Waals surface area contributed by atoms with Crippen molar-refractivity contribution >= 4 is 34.6 Å². The summed E-state index contributed by atoms with van der Waals surface area (Å²) in [6.45, 7) is 0. The average molecular weight is 323 g/mol. The number of hydrazone groups is 1. The molecule has 0 atom stereocenters. The fraction of sp³-hybridized carbons (Fsp3) is 0.100. The highest BCUT2D eigenvalue weighted by Gasteiger charge is 2.32. The quantitative estimate of drug-likeness (QED) is 0.679. The van der Waals surface area contributed by atoms with Gasteiger partial charge < -0.3 is 4.74 Å². The van der Waals surface area contributed by atoms with Gasteiger partial charge in [-0.1, -0.05) is 23.2 Å². The molecule has 0 aliphatic heterocycles. The molecule has 0 saturated heterocycles. The number of halogens is 5. The van der Waals surface area contributed by atoms with E-state index >= 15 is 0 Å². The lowest BCUT2D eigenvalue weighted by Gasteiger charge is -2.12. The van der Waals surface area contributed by atoms with Crippen LogP contribution in [0.4, 0.5) is 18.9 Å². The number of benzene rings is 1. The SMILES string of the molecule is N#CC(C#N)=NNc1cc(Cl)c(Cl)c(OC(F)(F)F)c1. The Balaban J connectivity index is 3.10. The molecule has 1 rings (SSSR count). The molecule has 5 nitrogen and oxygen atoms in total. The van der Waals surface area contributed by atoms with Gasteiger partial charge in [0.05, 0.1) is 10.7 Å². The van der Waals surface area contributed by atoms with Crippen LogP contribution < -0.4 is 10.2 Å². The van der Waals surface area contributed by atoms with E-state index in [1.165, 1.54) is 12.1 Å². The van der Waals surface area contributed by atoms with Crippen LogP contribution in [0.5, 0.6) is 5.75 Å². The Morgan fingerprint density at radius 3 is 2.35 bits per heavy atom. The number of alkyl halides is 3. The average Bonchev–Trinajstić information content (AvgIpc) is 2.34. The van der Waals surface area contributed by atoms with Crippen LogP contribution in [0.1, 0.15) is 0 Å². The van der Waals surface area contributed by atoms with Crippen LogP contribution in [-0.2, 0) is 0 Å². The normalized spacial score (nSPS) is 10.2. The summed E-state index contributed by atoms with van der Waals surface area (Å²) < 4.78 is 40.1. The zero-order valence-electron chi connectivity index (χ0n) is 9.29. The van der Waals surface area contributed by atoms with E-state index in [4.69, 9.17) is 33.7 Å². The summed E-state index contributed by atoms with van der Waals surface area (Å²) in [5.41, 5.74) is 1.63. The largest absolute Gasteiger partial charge is 0.573 e. The number of nitriles is 2. The molecule has 0 radical (unpaired) electrons. The number of rotatable bonds is 3. The van der Waals surface area contributed by atoms with Crippen LogP contribution in [0, 0.1) is 22.7 Å². The van der Waals surface area contributed by atoms with Crippen molar-refractivity contribution in [3.8, 4) is 17.9 Å². The molecule has 0 aliphatic carbocycles. The number of nitrogens with zero attached hydrogens (tertiary/aromatic N) is 3. The summed E-state index contributed by atoms with van der Waals surface area (Å²) >= 11 is 11.2. The summed E-state index contributed by atoms with van der Waals surface area (Å²) in [4.78, 5) is 0. The second-order valence-corrected chi connectivity index (χ2v) is 3.90. The lowest BCUT2D eigenvalue weighted by atomic mass is 10.3. The summed E-state index contributed by atoms with van der Waals surface area (Å²) in [7, 11) is 0. The first kappa shape index (κ1) is 15.9. The maximum Gasteiger partial charge on any atom is 0.573 e. The first-order valence-corrected chi connectivity index (χ1v) is 5.41. The van der Waals surface area contributed by atoms with Gasteiger partial charge in [0.15, 0.2) is 5.75 Å². The van der Waals surface area contributed by atoms with E-state index in [2.05, 4.69) is 15.3 Å². The number of nitrogens with one attached hydrogen (secondary N) is 1. The summed E-state index contributed by atoms with van der Waals surface area (Å²) in [6.07, 6.45) is -4.95. The van der Waals surface area contributed by atoms with Gasteiger partial charge in [-0.3, -0.25) is 5.43 Å². The van der Waals surface area contributed by atoms with Gasteiger partial charge in [0, 0.05) is 6.07 Å². The van der Waals surface area contributed by atoms with Gasteiger partial charge in [0.2, 0.25) is 5.71 Å². The predicted molar refractivity (Wildman–Crippen MR) is 65.4 cm³/mol. The lowest BCUT2D eigenvalue weighted by Crippen LogP contribution is -2.17. The molecule has 0 fully saturated rings. The number of hydrogen-bond donors (Lipinski definition) is 1. The van der Waals surface area contributed by atoms with E-state index in [9.17, 15) is 13.2 Å². The second-order valence-electron chi connectivity index (χ2n) is 3.11. The molecule has 20 heavy (non-hydrogen) atoms. The third-order valence-corrected chi connectivity index (χ3v) is 2.51. The smallest absolute Gasteiger partial charge is 0.404 e. The van der Waals surface area contributed by atoms with Gasteiger partial charge in [-0.15, -0.1) is 13.2 Å². The molecule has 0 saturated carbocycles. The number of anilines is 1. The van der Waals surface area contributed by atoms with E-state index in [1.54, 1.807) is 0 Å². The highest BCUT2D eigenvalue weighted by molar-refractivity contribution is 6.43. The summed E-state index contributed by atoms with van der Waals surface area (Å²) in [5.74, 6) is -0.736. The van der Waals surface area contributed by atoms with Crippen molar-refractivity contribution in [2.24, 2.45) is 5.10 Å². The number of ether oxygens (including phenoxy) is 1. The van der Waals surface area contributed by atoms with Crippen molar-refractivity contribution in [3.05, 3.63) is 22.2 Å². The first-order chi connectivity index (χ1) is 9.26. The minimum absolute atomic E-state index is 0.0401. The Bertz CT molecular complexity index is 615. The highest BCUT2D eigenvalue weighted by Crippen LogP contribution is 2.38. The monoisotopic (exact) mass is 322 g/mol. The van der Waals surface area contributed by atoms with Crippen molar-refractivity contribution in [3.63, 3.8) is 0 Å². The maximum absolute atomic E-state index is 12.1. The Kier molecular flexibility index (Phi) is 5.03. The van der Waals surface area contributed by atoms with Crippen LogP contribution in [-0.4, -0.2) is 12.1 Å². The molecule has 0 spiro atoms. The van der Waals surface area contributed by atoms with Gasteiger partial charge in [0.1, 0.15) is 17.2 Å².